The molecule has 28 heavy (non-hydrogen) atoms. The number of halogens is 2. The number of ether oxygens (including phenoxy) is 3. The van der Waals surface area contributed by atoms with Crippen LogP contribution in [0.3, 0.4) is 0 Å². The van der Waals surface area contributed by atoms with Crippen molar-refractivity contribution in [2.24, 2.45) is 0 Å². The molecule has 1 atom stereocenters. The minimum atomic E-state index is 0. The van der Waals surface area contributed by atoms with Crippen LogP contribution >= 0.6 is 24.8 Å². The quantitative estimate of drug-likeness (QED) is 0.696. The van der Waals surface area contributed by atoms with Crippen LogP contribution in [-0.4, -0.2) is 51.6 Å². The average molecular weight is 429 g/mol. The predicted octanol–water partition coefficient (Wildman–Crippen LogP) is 3.54. The Balaban J connectivity index is 0.00000196. The van der Waals surface area contributed by atoms with Gasteiger partial charge in [0.15, 0.2) is 0 Å². The number of methoxy groups -OCH3 is 2. The third-order valence-corrected chi connectivity index (χ3v) is 4.74. The van der Waals surface area contributed by atoms with Crippen molar-refractivity contribution in [3.8, 4) is 11.5 Å². The number of para-hydroxylation sites is 2. The van der Waals surface area contributed by atoms with Gasteiger partial charge in [-0.25, -0.2) is 0 Å². The SMILES string of the molecule is COc1ccccc1CCN(Cc1ccccc1OC)C1CNCCO1.Cl.Cl. The Morgan fingerprint density at radius 2 is 1.57 bits per heavy atom. The molecule has 2 aromatic carbocycles. The number of morpholine rings is 1. The van der Waals surface area contributed by atoms with Crippen molar-refractivity contribution in [1.29, 1.82) is 0 Å². The fourth-order valence-electron chi connectivity index (χ4n) is 3.34. The number of benzene rings is 2. The first-order chi connectivity index (χ1) is 12.8. The Morgan fingerprint density at radius 3 is 2.18 bits per heavy atom. The summed E-state index contributed by atoms with van der Waals surface area (Å²) in [6.07, 6.45) is 0.960. The Morgan fingerprint density at radius 1 is 0.964 bits per heavy atom. The first-order valence-electron chi connectivity index (χ1n) is 9.12. The molecule has 5 nitrogen and oxygen atoms in total. The Bertz CT molecular complexity index is 697. The van der Waals surface area contributed by atoms with Crippen molar-refractivity contribution in [1.82, 2.24) is 10.2 Å². The highest BCUT2D eigenvalue weighted by atomic mass is 35.5. The molecule has 7 heteroatoms. The van der Waals surface area contributed by atoms with E-state index in [0.717, 1.165) is 50.7 Å². The van der Waals surface area contributed by atoms with Crippen molar-refractivity contribution in [3.05, 3.63) is 59.7 Å². The van der Waals surface area contributed by atoms with Crippen LogP contribution in [0.5, 0.6) is 11.5 Å². The zero-order valence-electron chi connectivity index (χ0n) is 16.4. The van der Waals surface area contributed by atoms with Crippen molar-refractivity contribution in [2.75, 3.05) is 40.5 Å². The lowest BCUT2D eigenvalue weighted by molar-refractivity contribution is -0.0790. The van der Waals surface area contributed by atoms with E-state index in [1.807, 2.05) is 24.3 Å². The summed E-state index contributed by atoms with van der Waals surface area (Å²) in [5.41, 5.74) is 2.38. The molecule has 1 N–H and O–H groups in total. The molecule has 0 aromatic heterocycles. The molecule has 0 spiro atoms. The normalized spacial score (nSPS) is 16.0. The van der Waals surface area contributed by atoms with Gasteiger partial charge in [0.1, 0.15) is 17.7 Å². The minimum Gasteiger partial charge on any atom is -0.496 e. The molecule has 156 valence electrons. The van der Waals surface area contributed by atoms with Gasteiger partial charge in [0.05, 0.1) is 20.8 Å². The van der Waals surface area contributed by atoms with Crippen LogP contribution in [0, 0.1) is 0 Å². The molecule has 0 aliphatic carbocycles. The lowest BCUT2D eigenvalue weighted by atomic mass is 10.1. The van der Waals surface area contributed by atoms with Gasteiger partial charge in [-0.15, -0.1) is 24.8 Å². The van der Waals surface area contributed by atoms with Crippen LogP contribution < -0.4 is 14.8 Å². The molecule has 1 heterocycles. The van der Waals surface area contributed by atoms with Crippen LogP contribution in [0.2, 0.25) is 0 Å². The fraction of sp³-hybridized carbons (Fsp3) is 0.429. The smallest absolute Gasteiger partial charge is 0.123 e. The third kappa shape index (κ3) is 6.54. The maximum atomic E-state index is 6.02. The first-order valence-corrected chi connectivity index (χ1v) is 9.12. The lowest BCUT2D eigenvalue weighted by Crippen LogP contribution is -2.49. The molecule has 0 radical (unpaired) electrons. The molecule has 3 rings (SSSR count). The predicted molar refractivity (Wildman–Crippen MR) is 117 cm³/mol. The summed E-state index contributed by atoms with van der Waals surface area (Å²) in [7, 11) is 3.44. The van der Waals surface area contributed by atoms with Gasteiger partial charge in [0.25, 0.3) is 0 Å². The summed E-state index contributed by atoms with van der Waals surface area (Å²) in [6.45, 7) is 4.14. The topological polar surface area (TPSA) is 43.0 Å². The van der Waals surface area contributed by atoms with E-state index in [0.29, 0.717) is 0 Å². The molecule has 1 unspecified atom stereocenters. The second-order valence-electron chi connectivity index (χ2n) is 6.37. The zero-order valence-corrected chi connectivity index (χ0v) is 18.1. The van der Waals surface area contributed by atoms with Crippen molar-refractivity contribution < 1.29 is 14.2 Å². The Hall–Kier alpha value is -1.50. The summed E-state index contributed by atoms with van der Waals surface area (Å²) < 4.78 is 17.0. The van der Waals surface area contributed by atoms with Crippen LogP contribution in [0.25, 0.3) is 0 Å². The van der Waals surface area contributed by atoms with Gasteiger partial charge in [-0.05, 0) is 24.1 Å². The average Bonchev–Trinajstić information content (AvgIpc) is 2.72. The van der Waals surface area contributed by atoms with E-state index < -0.39 is 0 Å². The minimum absolute atomic E-state index is 0. The van der Waals surface area contributed by atoms with Crippen LogP contribution in [-0.2, 0) is 17.7 Å². The van der Waals surface area contributed by atoms with Gasteiger partial charge in [0, 0.05) is 31.7 Å². The zero-order chi connectivity index (χ0) is 18.2. The second-order valence-corrected chi connectivity index (χ2v) is 6.37. The molecule has 1 saturated heterocycles. The van der Waals surface area contributed by atoms with E-state index in [-0.39, 0.29) is 31.0 Å². The maximum absolute atomic E-state index is 6.02. The monoisotopic (exact) mass is 428 g/mol. The van der Waals surface area contributed by atoms with E-state index in [9.17, 15) is 0 Å². The first kappa shape index (κ1) is 24.5. The number of nitrogens with zero attached hydrogens (tertiary/aromatic N) is 1. The fourth-order valence-corrected chi connectivity index (χ4v) is 3.34. The molecule has 1 aliphatic heterocycles. The Labute approximate surface area is 180 Å². The van der Waals surface area contributed by atoms with Gasteiger partial charge in [-0.3, -0.25) is 4.90 Å². The van der Waals surface area contributed by atoms with Gasteiger partial charge in [0.2, 0.25) is 0 Å². The molecule has 1 aliphatic rings. The van der Waals surface area contributed by atoms with E-state index in [4.69, 9.17) is 14.2 Å². The van der Waals surface area contributed by atoms with Gasteiger partial charge < -0.3 is 19.5 Å². The molecule has 2 aromatic rings. The van der Waals surface area contributed by atoms with Crippen LogP contribution in [0.15, 0.2) is 48.5 Å². The van der Waals surface area contributed by atoms with E-state index in [2.05, 4.69) is 34.5 Å². The Kier molecular flexibility index (Phi) is 11.3. The molecule has 1 fully saturated rings. The van der Waals surface area contributed by atoms with Crippen LogP contribution in [0.4, 0.5) is 0 Å². The van der Waals surface area contributed by atoms with E-state index in [1.54, 1.807) is 14.2 Å². The van der Waals surface area contributed by atoms with Crippen molar-refractivity contribution in [2.45, 2.75) is 19.2 Å². The highest BCUT2D eigenvalue weighted by molar-refractivity contribution is 5.85. The van der Waals surface area contributed by atoms with Gasteiger partial charge in [-0.2, -0.15) is 0 Å². The molecular formula is C21H30Cl2N2O3. The summed E-state index contributed by atoms with van der Waals surface area (Å²) in [5.74, 6) is 1.85. The molecule has 0 saturated carbocycles. The summed E-state index contributed by atoms with van der Waals surface area (Å²) >= 11 is 0. The summed E-state index contributed by atoms with van der Waals surface area (Å²) in [6, 6.07) is 16.4. The number of hydrogen-bond donors (Lipinski definition) is 1. The summed E-state index contributed by atoms with van der Waals surface area (Å²) in [4.78, 5) is 2.37. The lowest BCUT2D eigenvalue weighted by Gasteiger charge is -2.35. The van der Waals surface area contributed by atoms with Crippen molar-refractivity contribution in [3.63, 3.8) is 0 Å². The number of rotatable bonds is 8. The van der Waals surface area contributed by atoms with Crippen molar-refractivity contribution >= 4 is 24.8 Å². The second kappa shape index (κ2) is 12.9. The summed E-state index contributed by atoms with van der Waals surface area (Å²) in [5, 5.41) is 3.43. The van der Waals surface area contributed by atoms with Crippen LogP contribution in [0.1, 0.15) is 11.1 Å². The maximum Gasteiger partial charge on any atom is 0.123 e. The van der Waals surface area contributed by atoms with Gasteiger partial charge >= 0.3 is 0 Å². The highest BCUT2D eigenvalue weighted by Gasteiger charge is 2.23. The van der Waals surface area contributed by atoms with Gasteiger partial charge in [-0.1, -0.05) is 36.4 Å². The number of hydrogen-bond acceptors (Lipinski definition) is 5. The highest BCUT2D eigenvalue weighted by Crippen LogP contribution is 2.23. The van der Waals surface area contributed by atoms with E-state index in [1.165, 1.54) is 11.1 Å². The standard InChI is InChI=1S/C21H28N2O3.2ClH/c1-24-19-9-5-3-7-17(19)11-13-23(21-15-22-12-14-26-21)16-18-8-4-6-10-20(18)25-2;;/h3-10,21-22H,11-16H2,1-2H3;2*1H. The molecule has 0 bridgehead atoms. The largest absolute Gasteiger partial charge is 0.496 e. The van der Waals surface area contributed by atoms with E-state index >= 15 is 0 Å². The molecule has 0 amide bonds. The molecular weight excluding hydrogens is 399 g/mol. The third-order valence-electron chi connectivity index (χ3n) is 4.74. The number of nitrogens with one attached hydrogen (secondary N) is 1.